The van der Waals surface area contributed by atoms with E-state index in [9.17, 15) is 24.9 Å². The molecule has 0 aliphatic carbocycles. The predicted molar refractivity (Wildman–Crippen MR) is 152 cm³/mol. The smallest absolute Gasteiger partial charge is 0.340 e. The molecule has 1 spiro atoms. The van der Waals surface area contributed by atoms with Gasteiger partial charge in [-0.1, -0.05) is 41.4 Å². The van der Waals surface area contributed by atoms with Crippen LogP contribution in [0.15, 0.2) is 60.7 Å². The van der Waals surface area contributed by atoms with Crippen molar-refractivity contribution in [2.24, 2.45) is 0 Å². The summed E-state index contributed by atoms with van der Waals surface area (Å²) in [6, 6.07) is 17.0. The molecule has 0 saturated carbocycles. The van der Waals surface area contributed by atoms with Gasteiger partial charge in [-0.05, 0) is 76.5 Å². The van der Waals surface area contributed by atoms with Crippen LogP contribution in [0.25, 0.3) is 11.1 Å². The van der Waals surface area contributed by atoms with Crippen molar-refractivity contribution in [1.82, 2.24) is 0 Å². The van der Waals surface area contributed by atoms with Crippen molar-refractivity contribution in [3.63, 3.8) is 0 Å². The van der Waals surface area contributed by atoms with Crippen LogP contribution in [0.3, 0.4) is 0 Å². The summed E-state index contributed by atoms with van der Waals surface area (Å²) >= 11 is 15.5. The molecule has 2 heterocycles. The molecule has 4 aromatic rings. The molecule has 7 nitrogen and oxygen atoms in total. The summed E-state index contributed by atoms with van der Waals surface area (Å²) in [5, 5.41) is 31.1. The van der Waals surface area contributed by atoms with Crippen LogP contribution in [-0.2, 0) is 21.6 Å². The van der Waals surface area contributed by atoms with Gasteiger partial charge in [-0.25, -0.2) is 4.79 Å². The third-order valence-electron chi connectivity index (χ3n) is 6.94. The lowest BCUT2D eigenvalue weighted by Gasteiger charge is -2.38. The van der Waals surface area contributed by atoms with Gasteiger partial charge in [0, 0.05) is 43.3 Å². The van der Waals surface area contributed by atoms with Crippen molar-refractivity contribution < 1.29 is 34.4 Å². The first-order chi connectivity index (χ1) is 18.6. The number of carboxylic acids is 1. The lowest BCUT2D eigenvalue weighted by molar-refractivity contribution is -0.136. The van der Waals surface area contributed by atoms with Crippen molar-refractivity contribution in [1.29, 1.82) is 0 Å². The van der Waals surface area contributed by atoms with Crippen molar-refractivity contribution in [3.05, 3.63) is 102 Å². The number of esters is 1. The van der Waals surface area contributed by atoms with E-state index in [0.29, 0.717) is 22.3 Å². The zero-order valence-corrected chi connectivity index (χ0v) is 23.5. The third-order valence-corrected chi connectivity index (χ3v) is 8.32. The molecule has 39 heavy (non-hydrogen) atoms. The molecule has 6 rings (SSSR count). The number of aromatic hydroxyl groups is 2. The average Bonchev–Trinajstić information content (AvgIpc) is 3.20. The van der Waals surface area contributed by atoms with Gasteiger partial charge in [-0.15, -0.1) is 0 Å². The maximum atomic E-state index is 13.3. The summed E-state index contributed by atoms with van der Waals surface area (Å²) in [5.74, 6) is -1.98. The third kappa shape index (κ3) is 3.92. The number of carbonyl (C=O) groups is 2. The summed E-state index contributed by atoms with van der Waals surface area (Å²) < 4.78 is 13.3. The van der Waals surface area contributed by atoms with E-state index in [0.717, 1.165) is 3.57 Å². The first-order valence-electron chi connectivity index (χ1n) is 11.7. The molecular formula is C29H17Cl2IO7. The molecule has 0 aromatic heterocycles. The van der Waals surface area contributed by atoms with E-state index < -0.39 is 17.5 Å². The second-order valence-electron chi connectivity index (χ2n) is 9.18. The van der Waals surface area contributed by atoms with Crippen LogP contribution in [0.2, 0.25) is 10.0 Å². The number of carbonyl (C=O) groups excluding carboxylic acids is 1. The Bertz CT molecular complexity index is 1720. The second-order valence-corrected chi connectivity index (χ2v) is 11.2. The first-order valence-corrected chi connectivity index (χ1v) is 13.6. The van der Waals surface area contributed by atoms with Crippen LogP contribution in [0, 0.1) is 3.57 Å². The molecule has 10 heteroatoms. The van der Waals surface area contributed by atoms with E-state index in [2.05, 4.69) is 22.6 Å². The number of benzene rings is 4. The van der Waals surface area contributed by atoms with Gasteiger partial charge in [0.2, 0.25) is 0 Å². The van der Waals surface area contributed by atoms with Crippen molar-refractivity contribution in [3.8, 4) is 34.1 Å². The number of hydrogen-bond donors (Lipinski definition) is 3. The molecule has 3 N–H and O–H groups in total. The van der Waals surface area contributed by atoms with Crippen molar-refractivity contribution >= 4 is 57.7 Å². The fourth-order valence-electron chi connectivity index (χ4n) is 5.19. The van der Waals surface area contributed by atoms with Gasteiger partial charge in [0.15, 0.2) is 11.4 Å². The molecule has 0 saturated heterocycles. The largest absolute Gasteiger partial charge is 0.507 e. The highest BCUT2D eigenvalue weighted by Gasteiger charge is 2.56. The fourth-order valence-corrected chi connectivity index (χ4v) is 6.12. The number of aliphatic carboxylic acids is 1. The normalized spacial score (nSPS) is 16.7. The molecule has 1 atom stereocenters. The molecule has 2 aliphatic heterocycles. The van der Waals surface area contributed by atoms with Gasteiger partial charge in [-0.2, -0.15) is 0 Å². The Morgan fingerprint density at radius 2 is 1.72 bits per heavy atom. The van der Waals surface area contributed by atoms with E-state index in [1.54, 1.807) is 24.3 Å². The van der Waals surface area contributed by atoms with Gasteiger partial charge in [-0.3, -0.25) is 4.79 Å². The minimum atomic E-state index is -1.66. The highest BCUT2D eigenvalue weighted by molar-refractivity contribution is 14.1. The quantitative estimate of drug-likeness (QED) is 0.154. The molecule has 196 valence electrons. The van der Waals surface area contributed by atoms with E-state index in [1.165, 1.54) is 12.1 Å². The Balaban J connectivity index is 1.69. The zero-order chi connectivity index (χ0) is 27.6. The minimum absolute atomic E-state index is 0.00252. The van der Waals surface area contributed by atoms with Crippen LogP contribution in [0.5, 0.6) is 23.0 Å². The van der Waals surface area contributed by atoms with Crippen molar-refractivity contribution in [2.45, 2.75) is 18.4 Å². The number of rotatable bonds is 4. The van der Waals surface area contributed by atoms with Gasteiger partial charge in [0.05, 0.1) is 5.56 Å². The Morgan fingerprint density at radius 3 is 2.44 bits per heavy atom. The topological polar surface area (TPSA) is 113 Å². The monoisotopic (exact) mass is 674 g/mol. The molecule has 0 amide bonds. The number of ether oxygens (including phenoxy) is 2. The zero-order valence-electron chi connectivity index (χ0n) is 19.8. The first kappa shape index (κ1) is 25.8. The molecule has 0 radical (unpaired) electrons. The SMILES string of the molecule is O=C(O)CCc1cc2c(c(Cl)c1O)Oc1cc(O)c(-c3ccc(I)cc3)cc1C21OC(=O)c2cccc(Cl)c21. The Labute approximate surface area is 245 Å². The number of fused-ring (bicyclic) bond motifs is 6. The number of hydrogen-bond acceptors (Lipinski definition) is 6. The Hall–Kier alpha value is -3.47. The number of phenols is 2. The molecule has 1 unspecified atom stereocenters. The summed E-state index contributed by atoms with van der Waals surface area (Å²) in [5.41, 5.74) is 1.00. The Kier molecular flexibility index (Phi) is 6.16. The summed E-state index contributed by atoms with van der Waals surface area (Å²) in [7, 11) is 0. The van der Waals surface area contributed by atoms with Gasteiger partial charge >= 0.3 is 11.9 Å². The standard InChI is InChI=1S/C29H17Cl2IO7/c30-20-3-1-2-16-24(20)29(39-28(16)37)18-11-17(13-4-7-15(32)8-5-13)21(33)12-22(18)38-27-19(29)10-14(6-9-23(34)35)26(36)25(27)31/h1-5,7-8,10-12,33,36H,6,9H2,(H,34,35). The maximum absolute atomic E-state index is 13.3. The van der Waals surface area contributed by atoms with Crippen LogP contribution in [0.4, 0.5) is 0 Å². The van der Waals surface area contributed by atoms with E-state index >= 15 is 0 Å². The number of carboxylic acid groups (broad SMARTS) is 1. The Morgan fingerprint density at radius 1 is 0.974 bits per heavy atom. The minimum Gasteiger partial charge on any atom is -0.507 e. The average molecular weight is 675 g/mol. The molecule has 2 aliphatic rings. The van der Waals surface area contributed by atoms with Crippen LogP contribution in [0.1, 0.15) is 39.0 Å². The van der Waals surface area contributed by atoms with Gasteiger partial charge < -0.3 is 24.8 Å². The van der Waals surface area contributed by atoms with Crippen LogP contribution >= 0.6 is 45.8 Å². The fraction of sp³-hybridized carbons (Fsp3) is 0.103. The van der Waals surface area contributed by atoms with Crippen LogP contribution in [-0.4, -0.2) is 27.3 Å². The van der Waals surface area contributed by atoms with E-state index in [4.69, 9.17) is 32.7 Å². The predicted octanol–water partition coefficient (Wildman–Crippen LogP) is 7.26. The maximum Gasteiger partial charge on any atom is 0.340 e. The molecule has 0 fully saturated rings. The summed E-state index contributed by atoms with van der Waals surface area (Å²) in [6.45, 7) is 0. The molecule has 4 aromatic carbocycles. The molecule has 0 bridgehead atoms. The lowest BCUT2D eigenvalue weighted by Crippen LogP contribution is -2.33. The highest BCUT2D eigenvalue weighted by atomic mass is 127. The summed E-state index contributed by atoms with van der Waals surface area (Å²) in [4.78, 5) is 24.6. The van der Waals surface area contributed by atoms with Gasteiger partial charge in [0.25, 0.3) is 0 Å². The van der Waals surface area contributed by atoms with Crippen LogP contribution < -0.4 is 4.74 Å². The molecular weight excluding hydrogens is 658 g/mol. The highest BCUT2D eigenvalue weighted by Crippen LogP contribution is 2.61. The summed E-state index contributed by atoms with van der Waals surface area (Å²) in [6.07, 6.45) is -0.307. The number of phenolic OH excluding ortho intramolecular Hbond substituents is 2. The van der Waals surface area contributed by atoms with Crippen molar-refractivity contribution in [2.75, 3.05) is 0 Å². The van der Waals surface area contributed by atoms with E-state index in [1.807, 2.05) is 24.3 Å². The lowest BCUT2D eigenvalue weighted by atomic mass is 9.76. The number of aryl methyl sites for hydroxylation is 1. The second kappa shape index (κ2) is 9.32. The van der Waals surface area contributed by atoms with E-state index in [-0.39, 0.29) is 62.6 Å². The number of halogens is 3. The van der Waals surface area contributed by atoms with Gasteiger partial charge in [0.1, 0.15) is 22.3 Å².